The molecule has 0 spiro atoms. The highest BCUT2D eigenvalue weighted by molar-refractivity contribution is 5.85. The Bertz CT molecular complexity index is 471. The summed E-state index contributed by atoms with van der Waals surface area (Å²) < 4.78 is 49.7. The molecule has 0 heterocycles. The first-order valence-electron chi connectivity index (χ1n) is 5.48. The lowest BCUT2D eigenvalue weighted by molar-refractivity contribution is -0.174. The standard InChI is InChI=1S/C12H14F3NO3.ClH/c1-3-19-11(17)12(14,15)10(16)8-6-7(13)4-5-9(8)18-2;/h4-6,10H,3,16H2,1-2H3;1H/t10-;/m0./s1. The normalized spacial score (nSPS) is 12.3. The van der Waals surface area contributed by atoms with Crippen molar-refractivity contribution >= 4 is 18.4 Å². The third-order valence-electron chi connectivity index (χ3n) is 2.46. The highest BCUT2D eigenvalue weighted by Gasteiger charge is 2.48. The number of ether oxygens (including phenoxy) is 2. The van der Waals surface area contributed by atoms with E-state index in [-0.39, 0.29) is 30.3 Å². The molecule has 20 heavy (non-hydrogen) atoms. The number of halogens is 4. The number of methoxy groups -OCH3 is 1. The minimum absolute atomic E-state index is 0. The molecule has 1 atom stereocenters. The summed E-state index contributed by atoms with van der Waals surface area (Å²) in [5.41, 5.74) is 5.05. The molecule has 8 heteroatoms. The highest BCUT2D eigenvalue weighted by Crippen LogP contribution is 2.35. The van der Waals surface area contributed by atoms with Gasteiger partial charge in [0.05, 0.1) is 13.7 Å². The van der Waals surface area contributed by atoms with E-state index in [9.17, 15) is 18.0 Å². The Morgan fingerprint density at radius 1 is 1.45 bits per heavy atom. The van der Waals surface area contributed by atoms with Gasteiger partial charge in [0.2, 0.25) is 0 Å². The summed E-state index contributed by atoms with van der Waals surface area (Å²) in [6.45, 7) is 1.18. The summed E-state index contributed by atoms with van der Waals surface area (Å²) in [5, 5.41) is 0. The first-order valence-corrected chi connectivity index (χ1v) is 5.48. The van der Waals surface area contributed by atoms with Crippen molar-refractivity contribution in [3.63, 3.8) is 0 Å². The number of carbonyl (C=O) groups excluding carboxylic acids is 1. The van der Waals surface area contributed by atoms with Crippen LogP contribution in [0.25, 0.3) is 0 Å². The van der Waals surface area contributed by atoms with Crippen LogP contribution in [0.3, 0.4) is 0 Å². The molecule has 0 aliphatic rings. The minimum atomic E-state index is -3.98. The average Bonchev–Trinajstić information content (AvgIpc) is 2.38. The third kappa shape index (κ3) is 3.77. The summed E-state index contributed by atoms with van der Waals surface area (Å²) in [7, 11) is 1.23. The lowest BCUT2D eigenvalue weighted by Crippen LogP contribution is -2.42. The van der Waals surface area contributed by atoms with Gasteiger partial charge in [-0.25, -0.2) is 9.18 Å². The second-order valence-electron chi connectivity index (χ2n) is 3.71. The number of benzene rings is 1. The summed E-state index contributed by atoms with van der Waals surface area (Å²) in [6, 6.07) is 0.942. The van der Waals surface area contributed by atoms with Crippen molar-refractivity contribution in [1.29, 1.82) is 0 Å². The lowest BCUT2D eigenvalue weighted by Gasteiger charge is -2.23. The first kappa shape index (κ1) is 18.5. The number of carbonyl (C=O) groups is 1. The smallest absolute Gasteiger partial charge is 0.379 e. The molecular weight excluding hydrogens is 299 g/mol. The predicted molar refractivity (Wildman–Crippen MR) is 68.7 cm³/mol. The zero-order valence-electron chi connectivity index (χ0n) is 10.9. The van der Waals surface area contributed by atoms with Crippen LogP contribution in [0.4, 0.5) is 13.2 Å². The van der Waals surface area contributed by atoms with Crippen molar-refractivity contribution < 1.29 is 27.4 Å². The van der Waals surface area contributed by atoms with E-state index in [0.29, 0.717) is 0 Å². The Hall–Kier alpha value is -1.47. The zero-order valence-corrected chi connectivity index (χ0v) is 11.7. The van der Waals surface area contributed by atoms with E-state index in [0.717, 1.165) is 18.2 Å². The molecule has 1 aromatic carbocycles. The van der Waals surface area contributed by atoms with E-state index in [4.69, 9.17) is 10.5 Å². The van der Waals surface area contributed by atoms with Gasteiger partial charge in [-0.15, -0.1) is 12.4 Å². The maximum atomic E-state index is 13.8. The number of hydrogen-bond acceptors (Lipinski definition) is 4. The lowest BCUT2D eigenvalue weighted by atomic mass is 10.00. The van der Waals surface area contributed by atoms with Crippen LogP contribution in [0.15, 0.2) is 18.2 Å². The highest BCUT2D eigenvalue weighted by atomic mass is 35.5. The number of hydrogen-bond donors (Lipinski definition) is 1. The second kappa shape index (κ2) is 7.35. The van der Waals surface area contributed by atoms with Crippen LogP contribution in [-0.2, 0) is 9.53 Å². The van der Waals surface area contributed by atoms with Crippen LogP contribution in [0.5, 0.6) is 5.75 Å². The van der Waals surface area contributed by atoms with E-state index in [1.54, 1.807) is 0 Å². The molecule has 0 aliphatic heterocycles. The van der Waals surface area contributed by atoms with Crippen molar-refractivity contribution in [2.75, 3.05) is 13.7 Å². The SMILES string of the molecule is CCOC(=O)C(F)(F)[C@@H](N)c1cc(F)ccc1OC.Cl. The molecule has 1 rings (SSSR count). The van der Waals surface area contributed by atoms with Gasteiger partial charge in [0.15, 0.2) is 0 Å². The van der Waals surface area contributed by atoms with Crippen molar-refractivity contribution in [2.45, 2.75) is 18.9 Å². The van der Waals surface area contributed by atoms with E-state index >= 15 is 0 Å². The maximum absolute atomic E-state index is 13.8. The second-order valence-corrected chi connectivity index (χ2v) is 3.71. The van der Waals surface area contributed by atoms with Crippen molar-refractivity contribution in [1.82, 2.24) is 0 Å². The zero-order chi connectivity index (χ0) is 14.6. The van der Waals surface area contributed by atoms with Gasteiger partial charge in [0.1, 0.15) is 17.6 Å². The average molecular weight is 314 g/mol. The van der Waals surface area contributed by atoms with E-state index < -0.39 is 23.8 Å². The van der Waals surface area contributed by atoms with Gasteiger partial charge < -0.3 is 15.2 Å². The van der Waals surface area contributed by atoms with Gasteiger partial charge in [-0.2, -0.15) is 8.78 Å². The fourth-order valence-corrected chi connectivity index (χ4v) is 1.50. The first-order chi connectivity index (χ1) is 8.84. The van der Waals surface area contributed by atoms with Crippen LogP contribution >= 0.6 is 12.4 Å². The molecule has 0 unspecified atom stereocenters. The molecule has 4 nitrogen and oxygen atoms in total. The molecule has 0 aromatic heterocycles. The third-order valence-corrected chi connectivity index (χ3v) is 2.46. The molecule has 0 amide bonds. The molecule has 0 radical (unpaired) electrons. The Morgan fingerprint density at radius 2 is 2.05 bits per heavy atom. The topological polar surface area (TPSA) is 61.5 Å². The van der Waals surface area contributed by atoms with Crippen molar-refractivity contribution in [3.8, 4) is 5.75 Å². The number of esters is 1. The van der Waals surface area contributed by atoms with Gasteiger partial charge in [-0.05, 0) is 25.1 Å². The van der Waals surface area contributed by atoms with Gasteiger partial charge in [0.25, 0.3) is 0 Å². The van der Waals surface area contributed by atoms with Gasteiger partial charge in [-0.3, -0.25) is 0 Å². The Morgan fingerprint density at radius 3 is 2.55 bits per heavy atom. The fourth-order valence-electron chi connectivity index (χ4n) is 1.50. The van der Waals surface area contributed by atoms with Crippen LogP contribution in [0.2, 0.25) is 0 Å². The van der Waals surface area contributed by atoms with Crippen LogP contribution in [0.1, 0.15) is 18.5 Å². The monoisotopic (exact) mass is 313 g/mol. The van der Waals surface area contributed by atoms with Crippen LogP contribution < -0.4 is 10.5 Å². The molecule has 0 saturated carbocycles. The maximum Gasteiger partial charge on any atom is 0.379 e. The van der Waals surface area contributed by atoms with Crippen LogP contribution in [0, 0.1) is 5.82 Å². The largest absolute Gasteiger partial charge is 0.496 e. The van der Waals surface area contributed by atoms with Gasteiger partial charge in [0, 0.05) is 5.56 Å². The van der Waals surface area contributed by atoms with E-state index in [1.807, 2.05) is 0 Å². The number of alkyl halides is 2. The Labute approximate surface area is 120 Å². The number of rotatable bonds is 5. The molecule has 2 N–H and O–H groups in total. The molecule has 0 saturated heterocycles. The molecular formula is C12H15ClF3NO3. The minimum Gasteiger partial charge on any atom is -0.496 e. The summed E-state index contributed by atoms with van der Waals surface area (Å²) in [6.07, 6.45) is 0. The Kier molecular flexibility index (Phi) is 6.81. The molecule has 114 valence electrons. The summed E-state index contributed by atoms with van der Waals surface area (Å²) in [5.74, 6) is -6.52. The Balaban J connectivity index is 0.00000361. The quantitative estimate of drug-likeness (QED) is 0.848. The van der Waals surface area contributed by atoms with Crippen molar-refractivity contribution in [2.24, 2.45) is 5.73 Å². The molecule has 0 fully saturated rings. The molecule has 1 aromatic rings. The fraction of sp³-hybridized carbons (Fsp3) is 0.417. The number of nitrogens with two attached hydrogens (primary N) is 1. The summed E-state index contributed by atoms with van der Waals surface area (Å²) >= 11 is 0. The molecule has 0 aliphatic carbocycles. The van der Waals surface area contributed by atoms with Crippen LogP contribution in [-0.4, -0.2) is 25.6 Å². The van der Waals surface area contributed by atoms with E-state index in [2.05, 4.69) is 4.74 Å². The summed E-state index contributed by atoms with van der Waals surface area (Å²) in [4.78, 5) is 11.2. The molecule has 0 bridgehead atoms. The van der Waals surface area contributed by atoms with Crippen molar-refractivity contribution in [3.05, 3.63) is 29.6 Å². The van der Waals surface area contributed by atoms with Gasteiger partial charge >= 0.3 is 11.9 Å². The van der Waals surface area contributed by atoms with E-state index in [1.165, 1.54) is 14.0 Å². The predicted octanol–water partition coefficient (Wildman–Crippen LogP) is 2.45. The van der Waals surface area contributed by atoms with Gasteiger partial charge in [-0.1, -0.05) is 0 Å².